The molecule has 2 atom stereocenters. The van der Waals surface area contributed by atoms with Crippen molar-refractivity contribution in [2.75, 3.05) is 0 Å². The number of carboxylic acids is 1. The summed E-state index contributed by atoms with van der Waals surface area (Å²) >= 11 is 0. The number of carboxylic acid groups (broad SMARTS) is 1. The highest BCUT2D eigenvalue weighted by molar-refractivity contribution is 5.94. The van der Waals surface area contributed by atoms with Crippen LogP contribution < -0.4 is 16.6 Å². The SMILES string of the molecule is O=C(NC1CCCCCC1C(=O)O)c1c[nH]c(=O)[nH]c1=O. The second kappa shape index (κ2) is 6.38. The van der Waals surface area contributed by atoms with E-state index in [0.29, 0.717) is 12.8 Å². The molecule has 1 heterocycles. The molecule has 0 aromatic carbocycles. The first-order valence-corrected chi connectivity index (χ1v) is 6.84. The predicted octanol–water partition coefficient (Wildman–Crippen LogP) is -0.173. The maximum Gasteiger partial charge on any atom is 0.325 e. The van der Waals surface area contributed by atoms with E-state index in [1.165, 1.54) is 0 Å². The lowest BCUT2D eigenvalue weighted by Crippen LogP contribution is -2.44. The molecule has 0 spiro atoms. The molecular formula is C13H17N3O5. The summed E-state index contributed by atoms with van der Waals surface area (Å²) in [5.74, 6) is -2.28. The van der Waals surface area contributed by atoms with Gasteiger partial charge in [-0.1, -0.05) is 19.3 Å². The number of hydrogen-bond donors (Lipinski definition) is 4. The molecule has 0 saturated heterocycles. The van der Waals surface area contributed by atoms with E-state index < -0.39 is 35.1 Å². The van der Waals surface area contributed by atoms with Crippen molar-refractivity contribution in [3.63, 3.8) is 0 Å². The summed E-state index contributed by atoms with van der Waals surface area (Å²) in [5.41, 5.74) is -1.73. The number of hydrogen-bond acceptors (Lipinski definition) is 4. The molecule has 1 aromatic rings. The third-order valence-corrected chi connectivity index (χ3v) is 3.71. The minimum atomic E-state index is -0.947. The molecule has 0 radical (unpaired) electrons. The van der Waals surface area contributed by atoms with Crippen LogP contribution >= 0.6 is 0 Å². The van der Waals surface area contributed by atoms with Crippen molar-refractivity contribution < 1.29 is 14.7 Å². The van der Waals surface area contributed by atoms with Crippen LogP contribution in [0.1, 0.15) is 42.5 Å². The summed E-state index contributed by atoms with van der Waals surface area (Å²) in [4.78, 5) is 50.0. The van der Waals surface area contributed by atoms with E-state index in [9.17, 15) is 24.3 Å². The average Bonchev–Trinajstić information content (AvgIpc) is 2.63. The Labute approximate surface area is 119 Å². The normalized spacial score (nSPS) is 22.3. The van der Waals surface area contributed by atoms with Gasteiger partial charge >= 0.3 is 11.7 Å². The van der Waals surface area contributed by atoms with Gasteiger partial charge in [-0.15, -0.1) is 0 Å². The van der Waals surface area contributed by atoms with Crippen molar-refractivity contribution in [3.8, 4) is 0 Å². The molecule has 2 rings (SSSR count). The maximum absolute atomic E-state index is 12.1. The summed E-state index contributed by atoms with van der Waals surface area (Å²) in [6.45, 7) is 0. The molecule has 2 unspecified atom stereocenters. The van der Waals surface area contributed by atoms with E-state index in [2.05, 4.69) is 10.3 Å². The van der Waals surface area contributed by atoms with E-state index in [-0.39, 0.29) is 5.56 Å². The highest BCUT2D eigenvalue weighted by Gasteiger charge is 2.31. The lowest BCUT2D eigenvalue weighted by Gasteiger charge is -2.22. The molecule has 8 heteroatoms. The second-order valence-corrected chi connectivity index (χ2v) is 5.15. The fourth-order valence-corrected chi connectivity index (χ4v) is 2.60. The van der Waals surface area contributed by atoms with Crippen LogP contribution in [0.3, 0.4) is 0 Å². The highest BCUT2D eigenvalue weighted by Crippen LogP contribution is 2.24. The molecule has 0 bridgehead atoms. The van der Waals surface area contributed by atoms with Gasteiger partial charge in [0.1, 0.15) is 5.56 Å². The summed E-state index contributed by atoms with van der Waals surface area (Å²) in [5, 5.41) is 11.8. The van der Waals surface area contributed by atoms with Gasteiger partial charge in [0.05, 0.1) is 5.92 Å². The fourth-order valence-electron chi connectivity index (χ4n) is 2.60. The number of amides is 1. The molecule has 1 aliphatic carbocycles. The van der Waals surface area contributed by atoms with Crippen molar-refractivity contribution in [3.05, 3.63) is 32.6 Å². The van der Waals surface area contributed by atoms with Crippen LogP contribution in [0.5, 0.6) is 0 Å². The van der Waals surface area contributed by atoms with Crippen molar-refractivity contribution >= 4 is 11.9 Å². The van der Waals surface area contributed by atoms with Gasteiger partial charge < -0.3 is 15.4 Å². The first kappa shape index (κ1) is 15.0. The van der Waals surface area contributed by atoms with E-state index >= 15 is 0 Å². The summed E-state index contributed by atoms with van der Waals surface area (Å²) in [7, 11) is 0. The molecule has 0 aliphatic heterocycles. The van der Waals surface area contributed by atoms with Crippen molar-refractivity contribution in [1.29, 1.82) is 0 Å². The van der Waals surface area contributed by atoms with Gasteiger partial charge in [-0.25, -0.2) is 4.79 Å². The molecular weight excluding hydrogens is 278 g/mol. The number of carbonyl (C=O) groups is 2. The van der Waals surface area contributed by atoms with Gasteiger partial charge in [-0.2, -0.15) is 0 Å². The third-order valence-electron chi connectivity index (χ3n) is 3.71. The molecule has 1 aromatic heterocycles. The third kappa shape index (κ3) is 3.59. The van der Waals surface area contributed by atoms with E-state index in [1.807, 2.05) is 4.98 Å². The Morgan fingerprint density at radius 3 is 2.57 bits per heavy atom. The van der Waals surface area contributed by atoms with Crippen LogP contribution in [-0.4, -0.2) is 33.0 Å². The zero-order chi connectivity index (χ0) is 15.4. The average molecular weight is 295 g/mol. The number of aromatic amines is 2. The zero-order valence-corrected chi connectivity index (χ0v) is 11.3. The van der Waals surface area contributed by atoms with Gasteiger partial charge in [0.25, 0.3) is 11.5 Å². The van der Waals surface area contributed by atoms with Crippen molar-refractivity contribution in [2.45, 2.75) is 38.1 Å². The quantitative estimate of drug-likeness (QED) is 0.575. The monoisotopic (exact) mass is 295 g/mol. The van der Waals surface area contributed by atoms with Crippen LogP contribution in [0, 0.1) is 5.92 Å². The Kier molecular flexibility index (Phi) is 4.56. The fraction of sp³-hybridized carbons (Fsp3) is 0.538. The van der Waals surface area contributed by atoms with Crippen LogP contribution in [0.2, 0.25) is 0 Å². The summed E-state index contributed by atoms with van der Waals surface area (Å²) < 4.78 is 0. The lowest BCUT2D eigenvalue weighted by molar-refractivity contribution is -0.142. The minimum absolute atomic E-state index is 0.233. The van der Waals surface area contributed by atoms with Gasteiger partial charge in [0.15, 0.2) is 0 Å². The lowest BCUT2D eigenvalue weighted by atomic mass is 9.94. The van der Waals surface area contributed by atoms with Gasteiger partial charge in [0, 0.05) is 12.2 Å². The summed E-state index contributed by atoms with van der Waals surface area (Å²) in [6, 6.07) is -0.510. The largest absolute Gasteiger partial charge is 0.481 e. The number of carbonyl (C=O) groups excluding carboxylic acids is 1. The highest BCUT2D eigenvalue weighted by atomic mass is 16.4. The predicted molar refractivity (Wildman–Crippen MR) is 73.1 cm³/mol. The van der Waals surface area contributed by atoms with Gasteiger partial charge in [0.2, 0.25) is 0 Å². The van der Waals surface area contributed by atoms with Crippen LogP contribution in [-0.2, 0) is 4.79 Å². The van der Waals surface area contributed by atoms with Crippen LogP contribution in [0.25, 0.3) is 0 Å². The van der Waals surface area contributed by atoms with E-state index in [4.69, 9.17) is 0 Å². The Bertz CT molecular complexity index is 648. The number of rotatable bonds is 3. The minimum Gasteiger partial charge on any atom is -0.481 e. The van der Waals surface area contributed by atoms with E-state index in [1.54, 1.807) is 0 Å². The molecule has 1 aliphatic rings. The van der Waals surface area contributed by atoms with Crippen molar-refractivity contribution in [2.24, 2.45) is 5.92 Å². The zero-order valence-electron chi connectivity index (χ0n) is 11.3. The van der Waals surface area contributed by atoms with Crippen molar-refractivity contribution in [1.82, 2.24) is 15.3 Å². The number of nitrogens with one attached hydrogen (secondary N) is 3. The number of H-pyrrole nitrogens is 2. The summed E-state index contributed by atoms with van der Waals surface area (Å²) in [6.07, 6.45) is 4.66. The standard InChI is InChI=1S/C13H17N3O5/c17-10(8-6-14-13(21)16-11(8)18)15-9-5-3-1-2-4-7(9)12(19)20/h6-7,9H,1-5H2,(H,15,17)(H,19,20)(H2,14,16,18,21). The van der Waals surface area contributed by atoms with Crippen LogP contribution in [0.4, 0.5) is 0 Å². The first-order valence-electron chi connectivity index (χ1n) is 6.84. The number of aliphatic carboxylic acids is 1. The molecule has 1 amide bonds. The van der Waals surface area contributed by atoms with Crippen LogP contribution in [0.15, 0.2) is 15.8 Å². The molecule has 21 heavy (non-hydrogen) atoms. The smallest absolute Gasteiger partial charge is 0.325 e. The molecule has 114 valence electrons. The molecule has 1 saturated carbocycles. The maximum atomic E-state index is 12.1. The Hall–Kier alpha value is -2.38. The van der Waals surface area contributed by atoms with E-state index in [0.717, 1.165) is 25.5 Å². The molecule has 1 fully saturated rings. The van der Waals surface area contributed by atoms with Gasteiger partial charge in [-0.05, 0) is 12.8 Å². The Morgan fingerprint density at radius 1 is 1.19 bits per heavy atom. The van der Waals surface area contributed by atoms with Gasteiger partial charge in [-0.3, -0.25) is 19.4 Å². The topological polar surface area (TPSA) is 132 Å². The second-order valence-electron chi connectivity index (χ2n) is 5.15. The molecule has 8 nitrogen and oxygen atoms in total. The Balaban J connectivity index is 2.18. The Morgan fingerprint density at radius 2 is 1.90 bits per heavy atom. The first-order chi connectivity index (χ1) is 9.99. The molecule has 4 N–H and O–H groups in total. The number of aromatic nitrogens is 2.